The van der Waals surface area contributed by atoms with Crippen LogP contribution in [0, 0.1) is 0 Å². The van der Waals surface area contributed by atoms with Crippen molar-refractivity contribution in [1.29, 1.82) is 0 Å². The van der Waals surface area contributed by atoms with Crippen molar-refractivity contribution in [2.75, 3.05) is 45.6 Å². The Morgan fingerprint density at radius 3 is 2.17 bits per heavy atom. The maximum Gasteiger partial charge on any atom is 0.210 e. The van der Waals surface area contributed by atoms with E-state index in [2.05, 4.69) is 46.6 Å². The number of methoxy groups -OCH3 is 4. The van der Waals surface area contributed by atoms with Crippen molar-refractivity contribution in [3.8, 4) is 23.0 Å². The summed E-state index contributed by atoms with van der Waals surface area (Å²) in [5.74, 6) is 3.78. The lowest BCUT2D eigenvalue weighted by Gasteiger charge is -2.16. The number of rotatable bonds is 11. The van der Waals surface area contributed by atoms with Gasteiger partial charge in [-0.1, -0.05) is 12.1 Å². The van der Waals surface area contributed by atoms with Crippen LogP contribution in [0.2, 0.25) is 0 Å². The summed E-state index contributed by atoms with van der Waals surface area (Å²) >= 11 is 0. The van der Waals surface area contributed by atoms with Gasteiger partial charge in [-0.15, -0.1) is 0 Å². The molecule has 10 heteroatoms. The van der Waals surface area contributed by atoms with Gasteiger partial charge in [-0.2, -0.15) is 0 Å². The van der Waals surface area contributed by atoms with Crippen molar-refractivity contribution in [3.05, 3.63) is 48.3 Å². The van der Waals surface area contributed by atoms with Crippen LogP contribution < -0.4 is 29.6 Å². The Balaban J connectivity index is 1.62. The van der Waals surface area contributed by atoms with Crippen molar-refractivity contribution >= 4 is 28.6 Å². The highest BCUT2D eigenvalue weighted by Crippen LogP contribution is 2.41. The van der Waals surface area contributed by atoms with Crippen molar-refractivity contribution in [1.82, 2.24) is 19.5 Å². The summed E-state index contributed by atoms with van der Waals surface area (Å²) in [7, 11) is 6.42. The van der Waals surface area contributed by atoms with Crippen molar-refractivity contribution in [3.63, 3.8) is 0 Å². The first-order chi connectivity index (χ1) is 17.5. The van der Waals surface area contributed by atoms with Crippen LogP contribution in [0.1, 0.15) is 25.5 Å². The molecule has 0 atom stereocenters. The van der Waals surface area contributed by atoms with E-state index in [1.165, 1.54) is 5.56 Å². The van der Waals surface area contributed by atoms with E-state index in [0.717, 1.165) is 23.5 Å². The third-order valence-corrected chi connectivity index (χ3v) is 5.78. The lowest BCUT2D eigenvalue weighted by molar-refractivity contribution is 0.324. The second-order valence-corrected chi connectivity index (χ2v) is 8.36. The number of imidazole rings is 1. The second kappa shape index (κ2) is 11.0. The van der Waals surface area contributed by atoms with Crippen LogP contribution in [0.25, 0.3) is 11.2 Å². The quantitative estimate of drug-likeness (QED) is 0.304. The average Bonchev–Trinajstić information content (AvgIpc) is 3.27. The summed E-state index contributed by atoms with van der Waals surface area (Å²) in [5, 5.41) is 6.81. The Bertz CT molecular complexity index is 1300. The van der Waals surface area contributed by atoms with Gasteiger partial charge >= 0.3 is 0 Å². The normalized spacial score (nSPS) is 11.0. The van der Waals surface area contributed by atoms with Gasteiger partial charge < -0.3 is 29.6 Å². The minimum Gasteiger partial charge on any atom is -0.497 e. The number of fused-ring (bicyclic) bond motifs is 1. The number of aromatic nitrogens is 4. The molecule has 0 saturated heterocycles. The van der Waals surface area contributed by atoms with Crippen LogP contribution >= 0.6 is 0 Å². The summed E-state index contributed by atoms with van der Waals surface area (Å²) in [6.45, 7) is 4.86. The number of nitrogens with zero attached hydrogens (tertiary/aromatic N) is 4. The van der Waals surface area contributed by atoms with Gasteiger partial charge in [0.1, 0.15) is 12.1 Å². The average molecular weight is 493 g/mol. The molecule has 2 aromatic heterocycles. The lowest BCUT2D eigenvalue weighted by atomic mass is 10.1. The zero-order valence-corrected chi connectivity index (χ0v) is 21.5. The second-order valence-electron chi connectivity index (χ2n) is 8.36. The molecule has 0 spiro atoms. The SMILES string of the molecule is COc1ccc(CCNc2ncnc3c2nc(Nc2cc(OC)c(OC)c(OC)c2)n3C(C)C)cc1. The number of hydrogen-bond donors (Lipinski definition) is 2. The molecule has 0 aliphatic heterocycles. The van der Waals surface area contributed by atoms with Crippen LogP contribution in [-0.2, 0) is 6.42 Å². The van der Waals surface area contributed by atoms with E-state index in [4.69, 9.17) is 23.9 Å². The van der Waals surface area contributed by atoms with Gasteiger partial charge in [-0.25, -0.2) is 15.0 Å². The van der Waals surface area contributed by atoms with Gasteiger partial charge in [0, 0.05) is 30.4 Å². The van der Waals surface area contributed by atoms with Crippen LogP contribution in [0.15, 0.2) is 42.7 Å². The standard InChI is InChI=1S/C26H32N6O4/c1-16(2)32-25-22(24(28-15-29-25)27-12-11-17-7-9-19(33-3)10-8-17)31-26(32)30-18-13-20(34-4)23(36-6)21(14-18)35-5/h7-10,13-16H,11-12H2,1-6H3,(H,30,31)(H,27,28,29). The molecule has 0 radical (unpaired) electrons. The highest BCUT2D eigenvalue weighted by Gasteiger charge is 2.20. The van der Waals surface area contributed by atoms with Gasteiger partial charge in [0.25, 0.3) is 0 Å². The molecule has 10 nitrogen and oxygen atoms in total. The molecular formula is C26H32N6O4. The smallest absolute Gasteiger partial charge is 0.210 e. The summed E-state index contributed by atoms with van der Waals surface area (Å²) in [4.78, 5) is 13.9. The van der Waals surface area contributed by atoms with E-state index < -0.39 is 0 Å². The zero-order valence-electron chi connectivity index (χ0n) is 21.5. The van der Waals surface area contributed by atoms with Crippen molar-refractivity contribution in [2.24, 2.45) is 0 Å². The Morgan fingerprint density at radius 2 is 1.58 bits per heavy atom. The molecule has 0 bridgehead atoms. The van der Waals surface area contributed by atoms with Gasteiger partial charge in [-0.05, 0) is 38.0 Å². The molecule has 2 N–H and O–H groups in total. The Kier molecular flexibility index (Phi) is 7.62. The van der Waals surface area contributed by atoms with Crippen molar-refractivity contribution < 1.29 is 18.9 Å². The number of benzene rings is 2. The first-order valence-electron chi connectivity index (χ1n) is 11.7. The monoisotopic (exact) mass is 492 g/mol. The largest absolute Gasteiger partial charge is 0.497 e. The Morgan fingerprint density at radius 1 is 0.889 bits per heavy atom. The zero-order chi connectivity index (χ0) is 25.7. The summed E-state index contributed by atoms with van der Waals surface area (Å²) in [5.41, 5.74) is 3.37. The fraction of sp³-hybridized carbons (Fsp3) is 0.346. The number of hydrogen-bond acceptors (Lipinski definition) is 9. The van der Waals surface area contributed by atoms with Crippen LogP contribution in [-0.4, -0.2) is 54.5 Å². The highest BCUT2D eigenvalue weighted by molar-refractivity contribution is 5.86. The molecule has 190 valence electrons. The summed E-state index contributed by atoms with van der Waals surface area (Å²) in [6.07, 6.45) is 2.39. The predicted molar refractivity (Wildman–Crippen MR) is 140 cm³/mol. The fourth-order valence-corrected chi connectivity index (χ4v) is 4.02. The van der Waals surface area contributed by atoms with Crippen LogP contribution in [0.5, 0.6) is 23.0 Å². The van der Waals surface area contributed by atoms with Gasteiger partial charge in [0.05, 0.1) is 28.4 Å². The summed E-state index contributed by atoms with van der Waals surface area (Å²) in [6, 6.07) is 11.8. The molecule has 0 saturated carbocycles. The molecule has 0 amide bonds. The Hall–Kier alpha value is -4.21. The van der Waals surface area contributed by atoms with E-state index in [-0.39, 0.29) is 6.04 Å². The van der Waals surface area contributed by atoms with Crippen LogP contribution in [0.4, 0.5) is 17.5 Å². The van der Waals surface area contributed by atoms with E-state index in [1.807, 2.05) is 28.8 Å². The highest BCUT2D eigenvalue weighted by atomic mass is 16.5. The number of ether oxygens (including phenoxy) is 4. The molecule has 4 rings (SSSR count). The van der Waals surface area contributed by atoms with Gasteiger partial charge in [0.15, 0.2) is 28.5 Å². The molecule has 36 heavy (non-hydrogen) atoms. The van der Waals surface area contributed by atoms with Gasteiger partial charge in [0.2, 0.25) is 11.7 Å². The maximum absolute atomic E-state index is 5.49. The molecule has 0 aliphatic rings. The van der Waals surface area contributed by atoms with E-state index in [0.29, 0.717) is 41.1 Å². The number of anilines is 3. The fourth-order valence-electron chi connectivity index (χ4n) is 4.02. The molecular weight excluding hydrogens is 460 g/mol. The maximum atomic E-state index is 5.49. The molecule has 4 aromatic rings. The predicted octanol–water partition coefficient (Wildman–Crippen LogP) is 4.84. The number of nitrogens with one attached hydrogen (secondary N) is 2. The third kappa shape index (κ3) is 5.07. The van der Waals surface area contributed by atoms with Crippen molar-refractivity contribution in [2.45, 2.75) is 26.3 Å². The van der Waals surface area contributed by atoms with E-state index in [1.54, 1.807) is 34.8 Å². The van der Waals surface area contributed by atoms with E-state index in [9.17, 15) is 0 Å². The topological polar surface area (TPSA) is 105 Å². The summed E-state index contributed by atoms with van der Waals surface area (Å²) < 4.78 is 23.7. The lowest BCUT2D eigenvalue weighted by Crippen LogP contribution is -2.08. The molecule has 0 fully saturated rings. The molecule has 2 aromatic carbocycles. The third-order valence-electron chi connectivity index (χ3n) is 5.78. The first-order valence-corrected chi connectivity index (χ1v) is 11.7. The molecule has 0 aliphatic carbocycles. The molecule has 0 unspecified atom stereocenters. The molecule has 2 heterocycles. The van der Waals surface area contributed by atoms with Crippen LogP contribution in [0.3, 0.4) is 0 Å². The minimum atomic E-state index is 0.0987. The Labute approximate surface area is 210 Å². The first kappa shape index (κ1) is 24.9. The van der Waals surface area contributed by atoms with Gasteiger partial charge in [-0.3, -0.25) is 4.57 Å². The minimum absolute atomic E-state index is 0.0987. The van der Waals surface area contributed by atoms with E-state index >= 15 is 0 Å².